The average Bonchev–Trinajstić information content (AvgIpc) is 3.69. The van der Waals surface area contributed by atoms with Crippen LogP contribution in [-0.2, 0) is 32.7 Å². The number of anilines is 1. The molecule has 11 heteroatoms. The molecule has 0 bridgehead atoms. The van der Waals surface area contributed by atoms with Crippen LogP contribution in [0.5, 0.6) is 11.6 Å². The van der Waals surface area contributed by atoms with E-state index in [0.717, 1.165) is 28.7 Å². The van der Waals surface area contributed by atoms with Crippen LogP contribution in [0.4, 0.5) is 10.1 Å². The second kappa shape index (κ2) is 15.8. The lowest BCUT2D eigenvalue weighted by Gasteiger charge is -2.52. The molecule has 0 radical (unpaired) electrons. The molecular weight excluding hydrogens is 774 g/mol. The van der Waals surface area contributed by atoms with Gasteiger partial charge in [-0.1, -0.05) is 121 Å². The maximum Gasteiger partial charge on any atom is 0.265 e. The predicted molar refractivity (Wildman–Crippen MR) is 225 cm³/mol. The molecule has 1 saturated heterocycles. The largest absolute Gasteiger partial charge is 0.508 e. The number of likely N-dealkylation sites (tertiary alicyclic amines) is 1. The summed E-state index contributed by atoms with van der Waals surface area (Å²) in [5, 5.41) is 29.4. The highest BCUT2D eigenvalue weighted by Crippen LogP contribution is 2.58. The summed E-state index contributed by atoms with van der Waals surface area (Å²) < 4.78 is 35.6. The Kier molecular flexibility index (Phi) is 10.0. The van der Waals surface area contributed by atoms with Gasteiger partial charge in [0.15, 0.2) is 22.9 Å². The number of fused-ring (bicyclic) bond motifs is 4. The number of carbonyl (C=O) groups is 2. The lowest BCUT2D eigenvalue weighted by Crippen LogP contribution is -2.61. The highest BCUT2D eigenvalue weighted by molar-refractivity contribution is 6.16. The molecule has 10 nitrogen and oxygen atoms in total. The third-order valence-electron chi connectivity index (χ3n) is 12.7. The summed E-state index contributed by atoms with van der Waals surface area (Å²) in [6, 6.07) is 39.2. The van der Waals surface area contributed by atoms with Gasteiger partial charge in [-0.05, 0) is 52.6 Å². The van der Waals surface area contributed by atoms with Crippen molar-refractivity contribution in [1.29, 1.82) is 0 Å². The summed E-state index contributed by atoms with van der Waals surface area (Å²) in [6.45, 7) is 2.21. The van der Waals surface area contributed by atoms with Crippen molar-refractivity contribution in [3.05, 3.63) is 189 Å². The van der Waals surface area contributed by atoms with Gasteiger partial charge < -0.3 is 29.1 Å². The summed E-state index contributed by atoms with van der Waals surface area (Å²) in [5.41, 5.74) is 1.40. The number of halogens is 1. The molecule has 0 unspecified atom stereocenters. The van der Waals surface area contributed by atoms with Crippen molar-refractivity contribution in [2.75, 3.05) is 18.0 Å². The summed E-state index contributed by atoms with van der Waals surface area (Å²) in [6.07, 6.45) is 1.03. The average molecular weight is 818 g/mol. The molecule has 2 N–H and O–H groups in total. The molecule has 0 saturated carbocycles. The number of ketones is 2. The summed E-state index contributed by atoms with van der Waals surface area (Å²) >= 11 is 0. The molecule has 10 rings (SSSR count). The van der Waals surface area contributed by atoms with E-state index in [4.69, 9.17) is 14.0 Å². The third-order valence-corrected chi connectivity index (χ3v) is 12.7. The Morgan fingerprint density at radius 3 is 1.90 bits per heavy atom. The molecule has 1 aromatic heterocycles. The summed E-state index contributed by atoms with van der Waals surface area (Å²) in [7, 11) is 0. The Labute approximate surface area is 352 Å². The van der Waals surface area contributed by atoms with E-state index in [9.17, 15) is 15.0 Å². The number of carbonyl (C=O) groups excluding carboxylic acids is 2. The number of benzene rings is 5. The van der Waals surface area contributed by atoms with E-state index < -0.39 is 46.6 Å². The first-order chi connectivity index (χ1) is 29.8. The molecule has 0 spiro atoms. The number of nitrogens with zero attached hydrogens (tertiary/aromatic N) is 3. The molecule has 1 aliphatic heterocycles. The Morgan fingerprint density at radius 2 is 1.34 bits per heavy atom. The van der Waals surface area contributed by atoms with Crippen molar-refractivity contribution < 1.29 is 38.2 Å². The van der Waals surface area contributed by atoms with E-state index in [0.29, 0.717) is 31.9 Å². The van der Waals surface area contributed by atoms with Crippen LogP contribution in [0.2, 0.25) is 0 Å². The van der Waals surface area contributed by atoms with E-state index in [1.807, 2.05) is 126 Å². The van der Waals surface area contributed by atoms with Crippen LogP contribution >= 0.6 is 0 Å². The van der Waals surface area contributed by atoms with Gasteiger partial charge in [-0.3, -0.25) is 14.5 Å². The van der Waals surface area contributed by atoms with E-state index in [1.165, 1.54) is 6.07 Å². The SMILES string of the molecule is O=C1C2=C(O)[C@]3(O)C(=O)c4c(OCc5ccccc5)noc4[C@@H](N4CCC4)[C@@H]3C[C@@H]2Cc2c(F)cc(N(Cc3ccccc3)Cc3ccccc3)c(OCc3ccccc3)c21. The fourth-order valence-electron chi connectivity index (χ4n) is 9.64. The van der Waals surface area contributed by atoms with Gasteiger partial charge in [0.25, 0.3) is 5.88 Å². The van der Waals surface area contributed by atoms with Crippen LogP contribution in [-0.4, -0.2) is 50.5 Å². The van der Waals surface area contributed by atoms with Gasteiger partial charge in [0.2, 0.25) is 5.78 Å². The first kappa shape index (κ1) is 38.6. The van der Waals surface area contributed by atoms with Crippen LogP contribution in [0.25, 0.3) is 0 Å². The normalized spacial score (nSPS) is 21.8. The van der Waals surface area contributed by atoms with Crippen molar-refractivity contribution in [2.24, 2.45) is 11.8 Å². The minimum absolute atomic E-state index is 0.0305. The lowest BCUT2D eigenvalue weighted by molar-refractivity contribution is -0.0744. The zero-order valence-corrected chi connectivity index (χ0v) is 33.4. The van der Waals surface area contributed by atoms with Gasteiger partial charge in [-0.15, -0.1) is 0 Å². The maximum atomic E-state index is 17.0. The molecule has 308 valence electrons. The molecule has 4 atom stereocenters. The molecule has 0 amide bonds. The maximum absolute atomic E-state index is 17.0. The first-order valence-electron chi connectivity index (χ1n) is 20.8. The van der Waals surface area contributed by atoms with Crippen molar-refractivity contribution in [2.45, 2.75) is 57.2 Å². The number of hydrogen-bond donors (Lipinski definition) is 2. The number of ether oxygens (including phenoxy) is 2. The number of Topliss-reactive ketones (excluding diaryl/α,β-unsaturated/α-hetero) is 2. The highest BCUT2D eigenvalue weighted by Gasteiger charge is 2.64. The minimum atomic E-state index is -2.52. The van der Waals surface area contributed by atoms with Crippen molar-refractivity contribution in [3.63, 3.8) is 0 Å². The smallest absolute Gasteiger partial charge is 0.265 e. The van der Waals surface area contributed by atoms with Gasteiger partial charge >= 0.3 is 0 Å². The van der Waals surface area contributed by atoms with Gasteiger partial charge in [-0.25, -0.2) is 4.39 Å². The van der Waals surface area contributed by atoms with Crippen LogP contribution in [0.1, 0.15) is 73.2 Å². The Morgan fingerprint density at radius 1 is 0.787 bits per heavy atom. The Bertz CT molecular complexity index is 2590. The van der Waals surface area contributed by atoms with Gasteiger partial charge in [-0.2, -0.15) is 0 Å². The lowest BCUT2D eigenvalue weighted by atomic mass is 9.58. The van der Waals surface area contributed by atoms with Crippen molar-refractivity contribution >= 4 is 17.3 Å². The van der Waals surface area contributed by atoms with E-state index in [2.05, 4.69) is 10.1 Å². The number of allylic oxidation sites excluding steroid dienone is 1. The summed E-state index contributed by atoms with van der Waals surface area (Å²) in [5.74, 6) is -4.17. The monoisotopic (exact) mass is 817 g/mol. The molecule has 2 heterocycles. The Hall–Kier alpha value is -6.56. The number of aliphatic hydroxyl groups is 2. The van der Waals surface area contributed by atoms with E-state index in [-0.39, 0.29) is 65.7 Å². The first-order valence-corrected chi connectivity index (χ1v) is 20.8. The molecule has 4 aliphatic rings. The van der Waals surface area contributed by atoms with Crippen LogP contribution in [0.3, 0.4) is 0 Å². The van der Waals surface area contributed by atoms with Gasteiger partial charge in [0.05, 0.1) is 17.3 Å². The topological polar surface area (TPSA) is 126 Å². The quantitative estimate of drug-likeness (QED) is 0.124. The molecule has 3 aliphatic carbocycles. The van der Waals surface area contributed by atoms with Crippen LogP contribution in [0.15, 0.2) is 143 Å². The van der Waals surface area contributed by atoms with Crippen LogP contribution < -0.4 is 14.4 Å². The summed E-state index contributed by atoms with van der Waals surface area (Å²) in [4.78, 5) is 34.2. The predicted octanol–water partition coefficient (Wildman–Crippen LogP) is 8.74. The van der Waals surface area contributed by atoms with Gasteiger partial charge in [0.1, 0.15) is 30.4 Å². The Balaban J connectivity index is 1.10. The molecular formula is C50H44FN3O7. The van der Waals surface area contributed by atoms with E-state index in [1.54, 1.807) is 0 Å². The fraction of sp³-hybridized carbons (Fsp3) is 0.260. The standard InChI is InChI=1S/C50H44FN3O7/c51-38-26-39(54(27-31-14-5-1-6-15-31)28-32-16-7-2-8-17-32)45(59-29-33-18-9-3-10-19-33)41-36(38)24-35-25-37-43(53-22-13-23-53)46-42(48(57)50(37,58)47(56)40(35)44(41)55)49(52-61-46)60-30-34-20-11-4-12-21-34/h1-12,14-21,26,35,37,43,56,58H,13,22-25,27-30H2/t35-,37-,43-,50-/m0/s1. The number of hydrogen-bond acceptors (Lipinski definition) is 10. The fourth-order valence-corrected chi connectivity index (χ4v) is 9.64. The third kappa shape index (κ3) is 6.78. The van der Waals surface area contributed by atoms with Crippen LogP contribution in [0, 0.1) is 17.7 Å². The zero-order valence-electron chi connectivity index (χ0n) is 33.4. The number of aromatic nitrogens is 1. The molecule has 5 aromatic carbocycles. The van der Waals surface area contributed by atoms with Crippen molar-refractivity contribution in [3.8, 4) is 11.6 Å². The minimum Gasteiger partial charge on any atom is -0.508 e. The second-order valence-electron chi connectivity index (χ2n) is 16.4. The molecule has 1 fully saturated rings. The molecule has 61 heavy (non-hydrogen) atoms. The second-order valence-corrected chi connectivity index (χ2v) is 16.4. The van der Waals surface area contributed by atoms with E-state index >= 15 is 9.18 Å². The number of rotatable bonds is 12. The van der Waals surface area contributed by atoms with Crippen molar-refractivity contribution in [1.82, 2.24) is 10.1 Å². The zero-order chi connectivity index (χ0) is 41.7. The number of aliphatic hydroxyl groups excluding tert-OH is 1. The molecule has 6 aromatic rings. The van der Waals surface area contributed by atoms with Gasteiger partial charge in [0, 0.05) is 49.3 Å². The highest BCUT2D eigenvalue weighted by atomic mass is 19.1.